The fourth-order valence-corrected chi connectivity index (χ4v) is 3.81. The third kappa shape index (κ3) is 3.56. The maximum Gasteiger partial charge on any atom is 0.208 e. The van der Waals surface area contributed by atoms with E-state index < -0.39 is 0 Å². The molecule has 0 aliphatic carbocycles. The van der Waals surface area contributed by atoms with Gasteiger partial charge in [0, 0.05) is 30.7 Å². The van der Waals surface area contributed by atoms with Crippen LogP contribution in [0.3, 0.4) is 0 Å². The molecule has 3 rings (SSSR count). The minimum Gasteiger partial charge on any atom is -0.495 e. The molecule has 1 N–H and O–H groups in total. The molecule has 0 saturated heterocycles. The number of aryl methyl sites for hydroxylation is 2. The number of ether oxygens (including phenoxy) is 1. The minimum absolute atomic E-state index is 0.408. The van der Waals surface area contributed by atoms with Gasteiger partial charge in [-0.3, -0.25) is 0 Å². The van der Waals surface area contributed by atoms with E-state index in [9.17, 15) is 0 Å². The van der Waals surface area contributed by atoms with Gasteiger partial charge >= 0.3 is 0 Å². The van der Waals surface area contributed by atoms with E-state index in [0.717, 1.165) is 34.8 Å². The largest absolute Gasteiger partial charge is 0.495 e. The van der Waals surface area contributed by atoms with E-state index in [1.807, 2.05) is 32.2 Å². The van der Waals surface area contributed by atoms with E-state index in [1.54, 1.807) is 7.11 Å². The van der Waals surface area contributed by atoms with Gasteiger partial charge in [-0.1, -0.05) is 17.7 Å². The summed E-state index contributed by atoms with van der Waals surface area (Å²) < 4.78 is 7.61. The first-order chi connectivity index (χ1) is 12.9. The number of nitrogens with zero attached hydrogens (tertiary/aromatic N) is 3. The molecule has 0 spiro atoms. The van der Waals surface area contributed by atoms with Gasteiger partial charge in [0.1, 0.15) is 5.75 Å². The Morgan fingerprint density at radius 2 is 2.04 bits per heavy atom. The summed E-state index contributed by atoms with van der Waals surface area (Å²) in [5.41, 5.74) is 5.14. The number of fused-ring (bicyclic) bond motifs is 1. The summed E-state index contributed by atoms with van der Waals surface area (Å²) in [4.78, 5) is 7.20. The molecule has 0 radical (unpaired) electrons. The second-order valence-corrected chi connectivity index (χ2v) is 7.38. The summed E-state index contributed by atoms with van der Waals surface area (Å²) in [6, 6.07) is 10.4. The summed E-state index contributed by atoms with van der Waals surface area (Å²) in [5.74, 6) is 1.46. The molecule has 0 atom stereocenters. The lowest BCUT2D eigenvalue weighted by Crippen LogP contribution is -2.30. The van der Waals surface area contributed by atoms with Crippen molar-refractivity contribution in [3.63, 3.8) is 0 Å². The van der Waals surface area contributed by atoms with Crippen LogP contribution in [0.5, 0.6) is 5.75 Å². The highest BCUT2D eigenvalue weighted by atomic mass is 35.5. The van der Waals surface area contributed by atoms with Crippen LogP contribution in [-0.2, 0) is 7.05 Å². The van der Waals surface area contributed by atoms with Crippen LogP contribution in [0.2, 0.25) is 5.02 Å². The standard InChI is InChI=1S/C21H27ClN4O/c1-7-26(13(2)3)17-10-8-9-16-20(17)25(5)21(23-16)24-19-14(4)11-15(22)12-18(19)27-6/h8-13H,7H2,1-6H3,(H,23,24). The molecule has 0 amide bonds. The van der Waals surface area contributed by atoms with Crippen molar-refractivity contribution in [3.8, 4) is 5.75 Å². The van der Waals surface area contributed by atoms with E-state index >= 15 is 0 Å². The number of hydrogen-bond acceptors (Lipinski definition) is 4. The smallest absolute Gasteiger partial charge is 0.208 e. The van der Waals surface area contributed by atoms with Gasteiger partial charge in [-0.2, -0.15) is 0 Å². The Labute approximate surface area is 165 Å². The van der Waals surface area contributed by atoms with Gasteiger partial charge in [0.05, 0.1) is 29.5 Å². The maximum absolute atomic E-state index is 6.17. The normalized spacial score (nSPS) is 11.3. The Balaban J connectivity index is 2.12. The van der Waals surface area contributed by atoms with Crippen LogP contribution in [0.4, 0.5) is 17.3 Å². The molecule has 0 saturated carbocycles. The third-order valence-electron chi connectivity index (χ3n) is 4.87. The SMILES string of the molecule is CCN(c1cccc2nc(Nc3c(C)cc(Cl)cc3OC)n(C)c12)C(C)C. The zero-order valence-corrected chi connectivity index (χ0v) is 17.6. The Hall–Kier alpha value is -2.40. The zero-order valence-electron chi connectivity index (χ0n) is 16.8. The van der Waals surface area contributed by atoms with Crippen molar-refractivity contribution in [3.05, 3.63) is 40.9 Å². The molecule has 1 aromatic heterocycles. The van der Waals surface area contributed by atoms with Crippen LogP contribution in [0.15, 0.2) is 30.3 Å². The Kier molecular flexibility index (Phi) is 5.51. The molecular formula is C21H27ClN4O. The monoisotopic (exact) mass is 386 g/mol. The lowest BCUT2D eigenvalue weighted by Gasteiger charge is -2.28. The fourth-order valence-electron chi connectivity index (χ4n) is 3.55. The van der Waals surface area contributed by atoms with E-state index in [-0.39, 0.29) is 0 Å². The molecule has 1 heterocycles. The van der Waals surface area contributed by atoms with Crippen LogP contribution in [-0.4, -0.2) is 29.2 Å². The van der Waals surface area contributed by atoms with Crippen molar-refractivity contribution in [2.75, 3.05) is 23.9 Å². The molecular weight excluding hydrogens is 360 g/mol. The van der Waals surface area contributed by atoms with Crippen LogP contribution in [0.1, 0.15) is 26.3 Å². The van der Waals surface area contributed by atoms with E-state index in [2.05, 4.69) is 47.7 Å². The number of hydrogen-bond donors (Lipinski definition) is 1. The Morgan fingerprint density at radius 3 is 2.67 bits per heavy atom. The molecule has 6 heteroatoms. The van der Waals surface area contributed by atoms with Gasteiger partial charge in [0.25, 0.3) is 0 Å². The van der Waals surface area contributed by atoms with Gasteiger partial charge in [-0.05, 0) is 51.5 Å². The van der Waals surface area contributed by atoms with Crippen LogP contribution in [0.25, 0.3) is 11.0 Å². The molecule has 0 fully saturated rings. The van der Waals surface area contributed by atoms with Crippen LogP contribution in [0, 0.1) is 6.92 Å². The second-order valence-electron chi connectivity index (χ2n) is 6.94. The number of halogens is 1. The van der Waals surface area contributed by atoms with Gasteiger partial charge in [-0.25, -0.2) is 4.98 Å². The van der Waals surface area contributed by atoms with E-state index in [1.165, 1.54) is 5.69 Å². The highest BCUT2D eigenvalue weighted by Gasteiger charge is 2.18. The first-order valence-corrected chi connectivity index (χ1v) is 9.58. The minimum atomic E-state index is 0.408. The summed E-state index contributed by atoms with van der Waals surface area (Å²) in [6.45, 7) is 9.53. The lowest BCUT2D eigenvalue weighted by atomic mass is 10.2. The molecule has 144 valence electrons. The molecule has 0 aliphatic heterocycles. The Bertz CT molecular complexity index is 964. The summed E-state index contributed by atoms with van der Waals surface area (Å²) >= 11 is 6.17. The number of rotatable bonds is 6. The van der Waals surface area contributed by atoms with Crippen LogP contribution < -0.4 is 15.0 Å². The second kappa shape index (κ2) is 7.69. The van der Waals surface area contributed by atoms with Gasteiger partial charge in [0.2, 0.25) is 5.95 Å². The van der Waals surface area contributed by atoms with Crippen molar-refractivity contribution in [1.82, 2.24) is 9.55 Å². The molecule has 2 aromatic carbocycles. The molecule has 0 aliphatic rings. The highest BCUT2D eigenvalue weighted by molar-refractivity contribution is 6.31. The van der Waals surface area contributed by atoms with Gasteiger partial charge in [-0.15, -0.1) is 0 Å². The summed E-state index contributed by atoms with van der Waals surface area (Å²) in [6.07, 6.45) is 0. The number of imidazole rings is 1. The molecule has 0 unspecified atom stereocenters. The fraction of sp³-hybridized carbons (Fsp3) is 0.381. The zero-order chi connectivity index (χ0) is 19.7. The number of methoxy groups -OCH3 is 1. The third-order valence-corrected chi connectivity index (χ3v) is 5.09. The van der Waals surface area contributed by atoms with E-state index in [0.29, 0.717) is 16.8 Å². The number of aromatic nitrogens is 2. The average Bonchev–Trinajstić information content (AvgIpc) is 2.94. The maximum atomic E-state index is 6.17. The average molecular weight is 387 g/mol. The molecule has 27 heavy (non-hydrogen) atoms. The number of para-hydroxylation sites is 1. The van der Waals surface area contributed by atoms with Gasteiger partial charge in [0.15, 0.2) is 0 Å². The number of nitrogens with one attached hydrogen (secondary N) is 1. The predicted octanol–water partition coefficient (Wildman–Crippen LogP) is 5.52. The topological polar surface area (TPSA) is 42.3 Å². The highest BCUT2D eigenvalue weighted by Crippen LogP contribution is 2.36. The van der Waals surface area contributed by atoms with Crippen molar-refractivity contribution < 1.29 is 4.74 Å². The summed E-state index contributed by atoms with van der Waals surface area (Å²) in [7, 11) is 3.68. The van der Waals surface area contributed by atoms with Crippen molar-refractivity contribution in [1.29, 1.82) is 0 Å². The predicted molar refractivity (Wildman–Crippen MR) is 115 cm³/mol. The van der Waals surface area contributed by atoms with Crippen molar-refractivity contribution >= 4 is 40.0 Å². The lowest BCUT2D eigenvalue weighted by molar-refractivity contribution is 0.416. The van der Waals surface area contributed by atoms with Gasteiger partial charge < -0.3 is 19.5 Å². The first-order valence-electron chi connectivity index (χ1n) is 9.20. The first kappa shape index (κ1) is 19.4. The number of anilines is 3. The number of benzene rings is 2. The summed E-state index contributed by atoms with van der Waals surface area (Å²) in [5, 5.41) is 4.09. The van der Waals surface area contributed by atoms with E-state index in [4.69, 9.17) is 21.3 Å². The Morgan fingerprint density at radius 1 is 1.30 bits per heavy atom. The van der Waals surface area contributed by atoms with Crippen molar-refractivity contribution in [2.45, 2.75) is 33.7 Å². The molecule has 3 aromatic rings. The van der Waals surface area contributed by atoms with Crippen LogP contribution >= 0.6 is 11.6 Å². The van der Waals surface area contributed by atoms with Crippen molar-refractivity contribution in [2.24, 2.45) is 7.05 Å². The quantitative estimate of drug-likeness (QED) is 0.605. The molecule has 0 bridgehead atoms. The molecule has 5 nitrogen and oxygen atoms in total.